The number of hydrogen-bond donors (Lipinski definition) is 0. The topological polar surface area (TPSA) is 52.6 Å². The Bertz CT molecular complexity index is 1350. The summed E-state index contributed by atoms with van der Waals surface area (Å²) in [4.78, 5) is 20.4. The molecule has 204 valence electrons. The van der Waals surface area contributed by atoms with Gasteiger partial charge in [-0.25, -0.2) is 4.39 Å². The molecule has 0 N–H and O–H groups in total. The van der Waals surface area contributed by atoms with Crippen LogP contribution in [-0.2, 0) is 4.79 Å². The van der Waals surface area contributed by atoms with Crippen molar-refractivity contribution in [3.63, 3.8) is 0 Å². The van der Waals surface area contributed by atoms with Crippen molar-refractivity contribution in [3.8, 4) is 11.3 Å². The van der Waals surface area contributed by atoms with Crippen LogP contribution < -0.4 is 4.90 Å². The van der Waals surface area contributed by atoms with Crippen LogP contribution in [0.4, 0.5) is 10.2 Å². The highest BCUT2D eigenvalue weighted by Crippen LogP contribution is 2.30. The first-order valence-electron chi connectivity index (χ1n) is 14.1. The van der Waals surface area contributed by atoms with Crippen molar-refractivity contribution < 1.29 is 9.18 Å². The Kier molecular flexibility index (Phi) is 7.82. The fraction of sp³-hybridized carbons (Fsp3) is 0.303. The summed E-state index contributed by atoms with van der Waals surface area (Å²) in [5.41, 5.74) is 4.09. The molecule has 3 heterocycles. The van der Waals surface area contributed by atoms with Gasteiger partial charge in [0.1, 0.15) is 5.82 Å². The quantitative estimate of drug-likeness (QED) is 0.330. The van der Waals surface area contributed by atoms with Gasteiger partial charge >= 0.3 is 0 Å². The molecule has 2 aliphatic rings. The van der Waals surface area contributed by atoms with Crippen molar-refractivity contribution in [2.45, 2.75) is 18.9 Å². The number of halogens is 1. The van der Waals surface area contributed by atoms with Crippen LogP contribution in [0, 0.1) is 11.7 Å². The molecule has 0 aliphatic carbocycles. The van der Waals surface area contributed by atoms with Gasteiger partial charge in [-0.2, -0.15) is 0 Å². The zero-order valence-electron chi connectivity index (χ0n) is 22.6. The average molecular weight is 536 g/mol. The zero-order valence-corrected chi connectivity index (χ0v) is 22.6. The third kappa shape index (κ3) is 5.75. The largest absolute Gasteiger partial charge is 0.354 e. The number of nitrogens with zero attached hydrogens (tertiary/aromatic N) is 5. The van der Waals surface area contributed by atoms with Gasteiger partial charge in [0.05, 0.1) is 17.7 Å². The van der Waals surface area contributed by atoms with Crippen LogP contribution in [-0.4, -0.2) is 65.2 Å². The Labute approximate surface area is 235 Å². The minimum absolute atomic E-state index is 0.0436. The van der Waals surface area contributed by atoms with Crippen molar-refractivity contribution in [2.24, 2.45) is 5.92 Å². The molecule has 1 unspecified atom stereocenters. The predicted octanol–water partition coefficient (Wildman–Crippen LogP) is 5.43. The first-order valence-corrected chi connectivity index (χ1v) is 14.1. The van der Waals surface area contributed by atoms with Crippen LogP contribution in [0.2, 0.25) is 0 Å². The number of piperazine rings is 1. The predicted molar refractivity (Wildman–Crippen MR) is 155 cm³/mol. The molecule has 0 radical (unpaired) electrons. The molecule has 1 atom stereocenters. The van der Waals surface area contributed by atoms with E-state index in [-0.39, 0.29) is 23.7 Å². The number of amides is 1. The lowest BCUT2D eigenvalue weighted by Crippen LogP contribution is -2.53. The van der Waals surface area contributed by atoms with Crippen LogP contribution in [0.5, 0.6) is 0 Å². The van der Waals surface area contributed by atoms with E-state index in [9.17, 15) is 9.18 Å². The molecule has 0 spiro atoms. The first-order chi connectivity index (χ1) is 19.7. The molecule has 2 saturated heterocycles. The maximum absolute atomic E-state index is 13.6. The summed E-state index contributed by atoms with van der Waals surface area (Å²) >= 11 is 0. The molecule has 2 fully saturated rings. The molecular weight excluding hydrogens is 501 g/mol. The van der Waals surface area contributed by atoms with Gasteiger partial charge in [-0.05, 0) is 60.4 Å². The lowest BCUT2D eigenvalue weighted by atomic mass is 9.95. The summed E-state index contributed by atoms with van der Waals surface area (Å²) in [5.74, 6) is 0.710. The SMILES string of the molecule is O=C(C1CCCN(c2ccc(-c3ccc(F)cc3)nn2)C1)N1CCN(C(c2ccccc2)c2ccccc2)CC1. The van der Waals surface area contributed by atoms with E-state index >= 15 is 0 Å². The van der Waals surface area contributed by atoms with Crippen LogP contribution in [0.1, 0.15) is 30.0 Å². The van der Waals surface area contributed by atoms with Gasteiger partial charge in [-0.1, -0.05) is 60.7 Å². The zero-order chi connectivity index (χ0) is 27.3. The second-order valence-electron chi connectivity index (χ2n) is 10.7. The van der Waals surface area contributed by atoms with E-state index in [1.165, 1.54) is 23.3 Å². The number of benzene rings is 3. The Morgan fingerprint density at radius 1 is 0.750 bits per heavy atom. The number of hydrogen-bond acceptors (Lipinski definition) is 5. The lowest BCUT2D eigenvalue weighted by molar-refractivity contribution is -0.137. The molecule has 2 aliphatic heterocycles. The van der Waals surface area contributed by atoms with Crippen molar-refractivity contribution in [1.82, 2.24) is 20.0 Å². The van der Waals surface area contributed by atoms with Crippen molar-refractivity contribution in [2.75, 3.05) is 44.2 Å². The monoisotopic (exact) mass is 535 g/mol. The Morgan fingerprint density at radius 2 is 1.40 bits per heavy atom. The summed E-state index contributed by atoms with van der Waals surface area (Å²) in [7, 11) is 0. The van der Waals surface area contributed by atoms with Gasteiger partial charge < -0.3 is 9.80 Å². The van der Waals surface area contributed by atoms with Crippen LogP contribution >= 0.6 is 0 Å². The van der Waals surface area contributed by atoms with Crippen molar-refractivity contribution in [3.05, 3.63) is 114 Å². The molecule has 3 aromatic carbocycles. The van der Waals surface area contributed by atoms with E-state index in [4.69, 9.17) is 0 Å². The van der Waals surface area contributed by atoms with Gasteiger partial charge in [-0.15, -0.1) is 10.2 Å². The Morgan fingerprint density at radius 3 is 2.00 bits per heavy atom. The molecule has 1 amide bonds. The summed E-state index contributed by atoms with van der Waals surface area (Å²) < 4.78 is 13.3. The molecular formula is C33H34FN5O. The number of carbonyl (C=O) groups is 1. The summed E-state index contributed by atoms with van der Waals surface area (Å²) in [6.07, 6.45) is 1.84. The molecule has 1 aromatic heterocycles. The Hall–Kier alpha value is -4.10. The van der Waals surface area contributed by atoms with Gasteiger partial charge in [0.15, 0.2) is 5.82 Å². The number of anilines is 1. The second-order valence-corrected chi connectivity index (χ2v) is 10.7. The molecule has 0 bridgehead atoms. The van der Waals surface area contributed by atoms with Crippen molar-refractivity contribution in [1.29, 1.82) is 0 Å². The molecule has 40 heavy (non-hydrogen) atoms. The summed E-state index contributed by atoms with van der Waals surface area (Å²) in [5, 5.41) is 8.82. The maximum atomic E-state index is 13.6. The van der Waals surface area contributed by atoms with Gasteiger partial charge in [0, 0.05) is 44.8 Å². The standard InChI is InChI=1S/C33H34FN5O/c34-29-15-13-25(14-16-29)30-17-18-31(36-35-30)39-19-7-12-28(24-39)33(40)38-22-20-37(21-23-38)32(26-8-3-1-4-9-26)27-10-5-2-6-11-27/h1-6,8-11,13-18,28,32H,7,12,19-24H2. The highest BCUT2D eigenvalue weighted by molar-refractivity contribution is 5.80. The highest BCUT2D eigenvalue weighted by Gasteiger charge is 2.33. The minimum atomic E-state index is -0.272. The van der Waals surface area contributed by atoms with Gasteiger partial charge in [-0.3, -0.25) is 9.69 Å². The number of carbonyl (C=O) groups excluding carboxylic acids is 1. The van der Waals surface area contributed by atoms with E-state index < -0.39 is 0 Å². The Balaban J connectivity index is 1.09. The molecule has 6 rings (SSSR count). The average Bonchev–Trinajstić information content (AvgIpc) is 3.03. The second kappa shape index (κ2) is 12.0. The third-order valence-electron chi connectivity index (χ3n) is 8.11. The van der Waals surface area contributed by atoms with Crippen LogP contribution in [0.25, 0.3) is 11.3 Å². The number of piperidine rings is 1. The van der Waals surface area contributed by atoms with E-state index in [1.54, 1.807) is 12.1 Å². The van der Waals surface area contributed by atoms with Crippen molar-refractivity contribution >= 4 is 11.7 Å². The lowest BCUT2D eigenvalue weighted by Gasteiger charge is -2.42. The highest BCUT2D eigenvalue weighted by atomic mass is 19.1. The maximum Gasteiger partial charge on any atom is 0.227 e. The van der Waals surface area contributed by atoms with E-state index in [1.807, 2.05) is 12.1 Å². The smallest absolute Gasteiger partial charge is 0.227 e. The molecule has 0 saturated carbocycles. The normalized spacial score (nSPS) is 18.2. The molecule has 4 aromatic rings. The fourth-order valence-corrected chi connectivity index (χ4v) is 6.00. The third-order valence-corrected chi connectivity index (χ3v) is 8.11. The summed E-state index contributed by atoms with van der Waals surface area (Å²) in [6.45, 7) is 4.66. The van der Waals surface area contributed by atoms with Gasteiger partial charge in [0.2, 0.25) is 5.91 Å². The first kappa shape index (κ1) is 26.1. The molecule has 6 nitrogen and oxygen atoms in total. The minimum Gasteiger partial charge on any atom is -0.354 e. The van der Waals surface area contributed by atoms with E-state index in [2.05, 4.69) is 85.6 Å². The van der Waals surface area contributed by atoms with Crippen LogP contribution in [0.3, 0.4) is 0 Å². The molecule has 7 heteroatoms. The van der Waals surface area contributed by atoms with Gasteiger partial charge in [0.25, 0.3) is 0 Å². The number of aromatic nitrogens is 2. The number of rotatable bonds is 6. The van der Waals surface area contributed by atoms with E-state index in [0.717, 1.165) is 56.9 Å². The van der Waals surface area contributed by atoms with E-state index in [0.29, 0.717) is 12.2 Å². The fourth-order valence-electron chi connectivity index (χ4n) is 6.00. The van der Waals surface area contributed by atoms with Crippen LogP contribution in [0.15, 0.2) is 97.1 Å². The summed E-state index contributed by atoms with van der Waals surface area (Å²) in [6, 6.07) is 31.6.